The molecule has 2 aliphatic rings. The van der Waals surface area contributed by atoms with Crippen molar-refractivity contribution in [2.75, 3.05) is 26.2 Å². The highest BCUT2D eigenvalue weighted by Gasteiger charge is 2.38. The van der Waals surface area contributed by atoms with Gasteiger partial charge >= 0.3 is 5.97 Å². The van der Waals surface area contributed by atoms with Gasteiger partial charge in [0.1, 0.15) is 6.04 Å². The van der Waals surface area contributed by atoms with Crippen LogP contribution in [0, 0.1) is 5.92 Å². The van der Waals surface area contributed by atoms with E-state index >= 15 is 0 Å². The van der Waals surface area contributed by atoms with E-state index in [2.05, 4.69) is 17.1 Å². The van der Waals surface area contributed by atoms with Crippen LogP contribution in [-0.4, -0.2) is 49.2 Å². The molecule has 0 amide bonds. The summed E-state index contributed by atoms with van der Waals surface area (Å²) in [7, 11) is 0. The number of carbonyl (C=O) groups is 1. The molecule has 0 bridgehead atoms. The van der Waals surface area contributed by atoms with Crippen LogP contribution in [0.25, 0.3) is 0 Å². The predicted octanol–water partition coefficient (Wildman–Crippen LogP) is 1.79. The van der Waals surface area contributed by atoms with E-state index in [9.17, 15) is 4.79 Å². The van der Waals surface area contributed by atoms with Crippen LogP contribution in [-0.2, 0) is 9.53 Å². The lowest BCUT2D eigenvalue weighted by atomic mass is 9.81. The molecule has 1 heterocycles. The smallest absolute Gasteiger partial charge is 0.324 e. The third-order valence-electron chi connectivity index (χ3n) is 4.66. The summed E-state index contributed by atoms with van der Waals surface area (Å²) in [6.45, 7) is 7.35. The lowest BCUT2D eigenvalue weighted by Crippen LogP contribution is -2.60. The fourth-order valence-corrected chi connectivity index (χ4v) is 3.68. The highest BCUT2D eigenvalue weighted by atomic mass is 16.5. The van der Waals surface area contributed by atoms with E-state index in [0.29, 0.717) is 12.6 Å². The Morgan fingerprint density at radius 1 is 1.32 bits per heavy atom. The van der Waals surface area contributed by atoms with Crippen molar-refractivity contribution >= 4 is 5.97 Å². The lowest BCUT2D eigenvalue weighted by Gasteiger charge is -2.45. The average Bonchev–Trinajstić information content (AvgIpc) is 2.47. The first-order valence-corrected chi connectivity index (χ1v) is 7.91. The van der Waals surface area contributed by atoms with E-state index in [1.165, 1.54) is 32.1 Å². The van der Waals surface area contributed by atoms with E-state index in [1.54, 1.807) is 0 Å². The summed E-state index contributed by atoms with van der Waals surface area (Å²) in [5.41, 5.74) is 0. The van der Waals surface area contributed by atoms with Crippen molar-refractivity contribution in [3.63, 3.8) is 0 Å². The molecule has 1 aliphatic carbocycles. The summed E-state index contributed by atoms with van der Waals surface area (Å²) in [6.07, 6.45) is 6.45. The summed E-state index contributed by atoms with van der Waals surface area (Å²) in [5.74, 6) is 0.707. The van der Waals surface area contributed by atoms with E-state index in [0.717, 1.165) is 25.6 Å². The third kappa shape index (κ3) is 3.48. The minimum atomic E-state index is -0.0779. The predicted molar refractivity (Wildman–Crippen MR) is 76.0 cm³/mol. The van der Waals surface area contributed by atoms with Gasteiger partial charge in [-0.05, 0) is 25.7 Å². The molecule has 0 aromatic carbocycles. The van der Waals surface area contributed by atoms with E-state index in [1.807, 2.05) is 6.92 Å². The molecule has 1 aliphatic heterocycles. The fourth-order valence-electron chi connectivity index (χ4n) is 3.68. The molecule has 19 heavy (non-hydrogen) atoms. The molecule has 3 atom stereocenters. The van der Waals surface area contributed by atoms with Crippen LogP contribution < -0.4 is 5.32 Å². The molecular formula is C15H28N2O2. The topological polar surface area (TPSA) is 41.6 Å². The first-order valence-electron chi connectivity index (χ1n) is 7.91. The first-order chi connectivity index (χ1) is 9.27. The van der Waals surface area contributed by atoms with Gasteiger partial charge in [0.2, 0.25) is 0 Å². The van der Waals surface area contributed by atoms with Crippen molar-refractivity contribution < 1.29 is 9.53 Å². The Labute approximate surface area is 116 Å². The van der Waals surface area contributed by atoms with Gasteiger partial charge in [-0.2, -0.15) is 0 Å². The molecule has 110 valence electrons. The van der Waals surface area contributed by atoms with Crippen LogP contribution in [0.2, 0.25) is 0 Å². The van der Waals surface area contributed by atoms with Crippen LogP contribution in [0.15, 0.2) is 0 Å². The van der Waals surface area contributed by atoms with Crippen LogP contribution in [0.1, 0.15) is 46.0 Å². The molecule has 0 aromatic rings. The number of piperazine rings is 1. The quantitative estimate of drug-likeness (QED) is 0.789. The Bertz CT molecular complexity index is 296. The molecule has 0 aromatic heterocycles. The van der Waals surface area contributed by atoms with Gasteiger partial charge in [-0.3, -0.25) is 9.69 Å². The number of hydrogen-bond acceptors (Lipinski definition) is 4. The monoisotopic (exact) mass is 268 g/mol. The maximum atomic E-state index is 12.1. The second-order valence-electron chi connectivity index (χ2n) is 5.73. The largest absolute Gasteiger partial charge is 0.465 e. The summed E-state index contributed by atoms with van der Waals surface area (Å²) in [5, 5.41) is 3.33. The third-order valence-corrected chi connectivity index (χ3v) is 4.66. The molecule has 2 rings (SSSR count). The molecule has 1 N–H and O–H groups in total. The molecule has 1 saturated carbocycles. The maximum absolute atomic E-state index is 12.1. The van der Waals surface area contributed by atoms with Crippen molar-refractivity contribution in [2.45, 2.75) is 58.0 Å². The van der Waals surface area contributed by atoms with Gasteiger partial charge in [-0.1, -0.05) is 26.2 Å². The fraction of sp³-hybridized carbons (Fsp3) is 0.933. The van der Waals surface area contributed by atoms with Gasteiger partial charge in [0.15, 0.2) is 0 Å². The molecular weight excluding hydrogens is 240 g/mol. The van der Waals surface area contributed by atoms with Gasteiger partial charge in [0.05, 0.1) is 6.61 Å². The van der Waals surface area contributed by atoms with Gasteiger partial charge in [-0.15, -0.1) is 0 Å². The van der Waals surface area contributed by atoms with Crippen LogP contribution >= 0.6 is 0 Å². The molecule has 1 saturated heterocycles. The summed E-state index contributed by atoms with van der Waals surface area (Å²) < 4.78 is 5.25. The van der Waals surface area contributed by atoms with E-state index < -0.39 is 0 Å². The van der Waals surface area contributed by atoms with Crippen LogP contribution in [0.5, 0.6) is 0 Å². The normalized spacial score (nSPS) is 33.1. The van der Waals surface area contributed by atoms with E-state index in [-0.39, 0.29) is 12.0 Å². The zero-order chi connectivity index (χ0) is 13.7. The first kappa shape index (κ1) is 14.8. The summed E-state index contributed by atoms with van der Waals surface area (Å²) in [6, 6.07) is 0.501. The Morgan fingerprint density at radius 3 is 2.84 bits per heavy atom. The SMILES string of the molecule is CCOC(=O)C1CNCCN1C1CCCCC1CC. The Balaban J connectivity index is 2.06. The molecule has 4 nitrogen and oxygen atoms in total. The number of hydrogen-bond donors (Lipinski definition) is 1. The van der Waals surface area contributed by atoms with Gasteiger partial charge in [0, 0.05) is 25.7 Å². The minimum Gasteiger partial charge on any atom is -0.465 e. The number of carbonyl (C=O) groups excluding carboxylic acids is 1. The number of rotatable bonds is 4. The number of esters is 1. The van der Waals surface area contributed by atoms with Crippen LogP contribution in [0.4, 0.5) is 0 Å². The standard InChI is InChI=1S/C15H28N2O2/c1-3-12-7-5-6-8-13(12)17-10-9-16-11-14(17)15(18)19-4-2/h12-14,16H,3-11H2,1-2H3. The summed E-state index contributed by atoms with van der Waals surface area (Å²) >= 11 is 0. The number of nitrogens with one attached hydrogen (secondary N) is 1. The van der Waals surface area contributed by atoms with Crippen molar-refractivity contribution in [1.29, 1.82) is 0 Å². The zero-order valence-electron chi connectivity index (χ0n) is 12.4. The van der Waals surface area contributed by atoms with Crippen molar-refractivity contribution in [3.8, 4) is 0 Å². The average molecular weight is 268 g/mol. The molecule has 3 unspecified atom stereocenters. The van der Waals surface area contributed by atoms with Crippen LogP contribution in [0.3, 0.4) is 0 Å². The summed E-state index contributed by atoms with van der Waals surface area (Å²) in [4.78, 5) is 14.6. The van der Waals surface area contributed by atoms with E-state index in [4.69, 9.17) is 4.74 Å². The van der Waals surface area contributed by atoms with Crippen molar-refractivity contribution in [3.05, 3.63) is 0 Å². The molecule has 2 fully saturated rings. The Kier molecular flexibility index (Phi) is 5.64. The molecule has 4 heteroatoms. The minimum absolute atomic E-state index is 0.0462. The highest BCUT2D eigenvalue weighted by Crippen LogP contribution is 2.32. The second kappa shape index (κ2) is 7.25. The lowest BCUT2D eigenvalue weighted by molar-refractivity contribution is -0.152. The zero-order valence-corrected chi connectivity index (χ0v) is 12.4. The number of ether oxygens (including phenoxy) is 1. The van der Waals surface area contributed by atoms with Gasteiger partial charge in [-0.25, -0.2) is 0 Å². The second-order valence-corrected chi connectivity index (χ2v) is 5.73. The molecule has 0 spiro atoms. The highest BCUT2D eigenvalue weighted by molar-refractivity contribution is 5.76. The Hall–Kier alpha value is -0.610. The maximum Gasteiger partial charge on any atom is 0.324 e. The van der Waals surface area contributed by atoms with Gasteiger partial charge < -0.3 is 10.1 Å². The number of nitrogens with zero attached hydrogens (tertiary/aromatic N) is 1. The van der Waals surface area contributed by atoms with Crippen molar-refractivity contribution in [1.82, 2.24) is 10.2 Å². The molecule has 0 radical (unpaired) electrons. The Morgan fingerprint density at radius 2 is 2.11 bits per heavy atom. The van der Waals surface area contributed by atoms with Gasteiger partial charge in [0.25, 0.3) is 0 Å². The van der Waals surface area contributed by atoms with Crippen molar-refractivity contribution in [2.24, 2.45) is 5.92 Å².